The van der Waals surface area contributed by atoms with Gasteiger partial charge in [-0.3, -0.25) is 0 Å². The second-order valence-electron chi connectivity index (χ2n) is 5.87. The van der Waals surface area contributed by atoms with E-state index in [0.717, 1.165) is 24.3 Å². The molecule has 1 rings (SSSR count). The van der Waals surface area contributed by atoms with E-state index in [1.54, 1.807) is 0 Å². The van der Waals surface area contributed by atoms with Gasteiger partial charge in [-0.1, -0.05) is 13.8 Å². The second-order valence-corrected chi connectivity index (χ2v) is 5.87. The summed E-state index contributed by atoms with van der Waals surface area (Å²) >= 11 is 0. The van der Waals surface area contributed by atoms with Crippen molar-refractivity contribution < 1.29 is 14.6 Å². The number of nitrogens with one attached hydrogen (secondary N) is 1. The van der Waals surface area contributed by atoms with Crippen LogP contribution in [0.4, 0.5) is 0 Å². The van der Waals surface area contributed by atoms with Crippen molar-refractivity contribution in [2.45, 2.75) is 52.1 Å². The number of aliphatic hydroxyl groups is 1. The van der Waals surface area contributed by atoms with Crippen molar-refractivity contribution in [1.29, 1.82) is 0 Å². The van der Waals surface area contributed by atoms with Crippen LogP contribution in [0.5, 0.6) is 11.5 Å². The molecule has 0 radical (unpaired) electrons. The van der Waals surface area contributed by atoms with E-state index in [-0.39, 0.29) is 12.1 Å². The zero-order chi connectivity index (χ0) is 15.7. The Morgan fingerprint density at radius 2 is 1.71 bits per heavy atom. The molecular weight excluding hydrogens is 266 g/mol. The van der Waals surface area contributed by atoms with Crippen LogP contribution in [0.15, 0.2) is 24.3 Å². The van der Waals surface area contributed by atoms with Gasteiger partial charge in [0, 0.05) is 11.6 Å². The Labute approximate surface area is 128 Å². The van der Waals surface area contributed by atoms with Crippen molar-refractivity contribution in [2.75, 3.05) is 19.8 Å². The first kappa shape index (κ1) is 17.8. The van der Waals surface area contributed by atoms with Crippen LogP contribution in [0.1, 0.15) is 40.5 Å². The highest BCUT2D eigenvalue weighted by Crippen LogP contribution is 2.18. The van der Waals surface area contributed by atoms with Gasteiger partial charge in [-0.25, -0.2) is 0 Å². The zero-order valence-corrected chi connectivity index (χ0v) is 13.7. The third-order valence-electron chi connectivity index (χ3n) is 3.26. The maximum Gasteiger partial charge on any atom is 0.119 e. The molecule has 0 heterocycles. The average molecular weight is 295 g/mol. The molecule has 4 heteroatoms. The van der Waals surface area contributed by atoms with Crippen LogP contribution in [-0.2, 0) is 0 Å². The number of ether oxygens (including phenoxy) is 2. The summed E-state index contributed by atoms with van der Waals surface area (Å²) in [6.45, 7) is 9.63. The molecule has 1 aromatic rings. The molecule has 1 atom stereocenters. The summed E-state index contributed by atoms with van der Waals surface area (Å²) < 4.78 is 11.1. The second kappa shape index (κ2) is 8.90. The first-order valence-electron chi connectivity index (χ1n) is 7.73. The first-order valence-corrected chi connectivity index (χ1v) is 7.73. The van der Waals surface area contributed by atoms with E-state index in [9.17, 15) is 5.11 Å². The van der Waals surface area contributed by atoms with Crippen LogP contribution in [0.3, 0.4) is 0 Å². The molecule has 0 saturated carbocycles. The lowest BCUT2D eigenvalue weighted by Gasteiger charge is -2.31. The minimum atomic E-state index is -0.240. The summed E-state index contributed by atoms with van der Waals surface area (Å²) in [6.07, 6.45) is 1.77. The molecule has 0 amide bonds. The van der Waals surface area contributed by atoms with Crippen molar-refractivity contribution in [2.24, 2.45) is 0 Å². The molecule has 0 fully saturated rings. The molecule has 0 aliphatic carbocycles. The Balaban J connectivity index is 2.32. The topological polar surface area (TPSA) is 50.7 Å². The van der Waals surface area contributed by atoms with E-state index in [0.29, 0.717) is 19.3 Å². The van der Waals surface area contributed by atoms with Gasteiger partial charge in [-0.15, -0.1) is 0 Å². The van der Waals surface area contributed by atoms with Crippen LogP contribution in [0.25, 0.3) is 0 Å². The van der Waals surface area contributed by atoms with Crippen LogP contribution < -0.4 is 14.8 Å². The molecule has 0 saturated heterocycles. The van der Waals surface area contributed by atoms with Gasteiger partial charge < -0.3 is 19.9 Å². The number of hydrogen-bond donors (Lipinski definition) is 2. The van der Waals surface area contributed by atoms with Crippen molar-refractivity contribution in [3.05, 3.63) is 24.3 Å². The van der Waals surface area contributed by atoms with Gasteiger partial charge in [0.2, 0.25) is 0 Å². The summed E-state index contributed by atoms with van der Waals surface area (Å²) in [5.41, 5.74) is -0.240. The molecule has 2 N–H and O–H groups in total. The minimum absolute atomic E-state index is 0.133. The smallest absolute Gasteiger partial charge is 0.119 e. The van der Waals surface area contributed by atoms with Crippen LogP contribution in [0.2, 0.25) is 0 Å². The van der Waals surface area contributed by atoms with Crippen LogP contribution in [-0.4, -0.2) is 36.5 Å². The van der Waals surface area contributed by atoms with Gasteiger partial charge in [0.05, 0.1) is 19.8 Å². The highest BCUT2D eigenvalue weighted by molar-refractivity contribution is 5.31. The lowest BCUT2D eigenvalue weighted by atomic mass is 9.96. The molecular formula is C17H29NO3. The molecule has 1 unspecified atom stereocenters. The Morgan fingerprint density at radius 1 is 1.14 bits per heavy atom. The number of aliphatic hydroxyl groups excluding tert-OH is 1. The Hall–Kier alpha value is -1.26. The van der Waals surface area contributed by atoms with Crippen molar-refractivity contribution in [1.82, 2.24) is 5.32 Å². The normalized spacial score (nSPS) is 14.0. The van der Waals surface area contributed by atoms with Gasteiger partial charge in [0.15, 0.2) is 0 Å². The summed E-state index contributed by atoms with van der Waals surface area (Å²) in [6, 6.07) is 8.02. The van der Waals surface area contributed by atoms with Gasteiger partial charge in [-0.2, -0.15) is 0 Å². The highest BCUT2D eigenvalue weighted by Gasteiger charge is 2.23. The third kappa shape index (κ3) is 6.82. The van der Waals surface area contributed by atoms with E-state index >= 15 is 0 Å². The van der Waals surface area contributed by atoms with Crippen LogP contribution >= 0.6 is 0 Å². The number of rotatable bonds is 10. The predicted molar refractivity (Wildman–Crippen MR) is 86.1 cm³/mol. The van der Waals surface area contributed by atoms with Crippen LogP contribution in [0, 0.1) is 0 Å². The Morgan fingerprint density at radius 3 is 2.19 bits per heavy atom. The fourth-order valence-electron chi connectivity index (χ4n) is 2.34. The number of hydrogen-bond acceptors (Lipinski definition) is 4. The molecule has 1 aromatic carbocycles. The lowest BCUT2D eigenvalue weighted by Crippen LogP contribution is -2.49. The minimum Gasteiger partial charge on any atom is -0.494 e. The highest BCUT2D eigenvalue weighted by atomic mass is 16.5. The maximum absolute atomic E-state index is 9.51. The van der Waals surface area contributed by atoms with E-state index in [1.807, 2.05) is 38.1 Å². The summed E-state index contributed by atoms with van der Waals surface area (Å²) in [4.78, 5) is 0. The molecule has 0 aromatic heterocycles. The largest absolute Gasteiger partial charge is 0.494 e. The van der Waals surface area contributed by atoms with Gasteiger partial charge in [-0.05, 0) is 51.0 Å². The average Bonchev–Trinajstić information content (AvgIpc) is 2.45. The molecule has 21 heavy (non-hydrogen) atoms. The quantitative estimate of drug-likeness (QED) is 0.652. The summed E-state index contributed by atoms with van der Waals surface area (Å²) in [5, 5.41) is 12.9. The zero-order valence-electron chi connectivity index (χ0n) is 13.7. The monoisotopic (exact) mass is 295 g/mol. The fourth-order valence-corrected chi connectivity index (χ4v) is 2.34. The predicted octanol–water partition coefficient (Wildman–Crippen LogP) is 2.99. The van der Waals surface area contributed by atoms with E-state index in [2.05, 4.69) is 19.2 Å². The molecule has 4 nitrogen and oxygen atoms in total. The van der Waals surface area contributed by atoms with E-state index in [4.69, 9.17) is 9.47 Å². The SMILES string of the molecule is CCOc1ccc(OCCCC(C)(CO)NC(C)C)cc1. The maximum atomic E-state index is 9.51. The van der Waals surface area contributed by atoms with Gasteiger partial charge >= 0.3 is 0 Å². The number of benzene rings is 1. The Bertz CT molecular complexity index is 392. The molecule has 0 bridgehead atoms. The van der Waals surface area contributed by atoms with Crippen molar-refractivity contribution in [3.8, 4) is 11.5 Å². The third-order valence-corrected chi connectivity index (χ3v) is 3.26. The molecule has 0 aliphatic rings. The Kier molecular flexibility index (Phi) is 7.54. The van der Waals surface area contributed by atoms with E-state index < -0.39 is 0 Å². The van der Waals surface area contributed by atoms with Crippen molar-refractivity contribution >= 4 is 0 Å². The molecule has 120 valence electrons. The first-order chi connectivity index (χ1) is 9.99. The van der Waals surface area contributed by atoms with Gasteiger partial charge in [0.1, 0.15) is 11.5 Å². The van der Waals surface area contributed by atoms with E-state index in [1.165, 1.54) is 0 Å². The standard InChI is InChI=1S/C17H29NO3/c1-5-20-15-7-9-16(10-8-15)21-12-6-11-17(4,13-19)18-14(2)3/h7-10,14,18-19H,5-6,11-13H2,1-4H3. The fraction of sp³-hybridized carbons (Fsp3) is 0.647. The summed E-state index contributed by atoms with van der Waals surface area (Å²) in [7, 11) is 0. The summed E-state index contributed by atoms with van der Waals surface area (Å²) in [5.74, 6) is 1.71. The van der Waals surface area contributed by atoms with Gasteiger partial charge in [0.25, 0.3) is 0 Å². The molecule has 0 spiro atoms. The van der Waals surface area contributed by atoms with Crippen molar-refractivity contribution in [3.63, 3.8) is 0 Å². The molecule has 0 aliphatic heterocycles. The lowest BCUT2D eigenvalue weighted by molar-refractivity contribution is 0.147.